The van der Waals surface area contributed by atoms with Crippen LogP contribution in [0.5, 0.6) is 0 Å². The highest BCUT2D eigenvalue weighted by atomic mass is 19.1. The Kier molecular flexibility index (Phi) is 9.36. The van der Waals surface area contributed by atoms with Crippen LogP contribution in [-0.4, -0.2) is 4.98 Å². The van der Waals surface area contributed by atoms with Crippen molar-refractivity contribution < 1.29 is 4.39 Å². The zero-order valence-corrected chi connectivity index (χ0v) is 19.1. The van der Waals surface area contributed by atoms with Crippen molar-refractivity contribution in [3.05, 3.63) is 53.5 Å². The first-order valence-electron chi connectivity index (χ1n) is 12.5. The largest absolute Gasteiger partial charge is 0.256 e. The van der Waals surface area contributed by atoms with Gasteiger partial charge in [-0.15, -0.1) is 0 Å². The van der Waals surface area contributed by atoms with E-state index in [9.17, 15) is 4.39 Å². The Morgan fingerprint density at radius 2 is 1.60 bits per heavy atom. The van der Waals surface area contributed by atoms with Gasteiger partial charge in [0.15, 0.2) is 0 Å². The fraction of sp³-hybridized carbons (Fsp3) is 0.607. The van der Waals surface area contributed by atoms with Crippen molar-refractivity contribution in [3.8, 4) is 11.3 Å². The Labute approximate surface area is 183 Å². The van der Waals surface area contributed by atoms with Gasteiger partial charge in [-0.1, -0.05) is 70.9 Å². The molecular weight excluding hydrogens is 369 g/mol. The third-order valence-corrected chi connectivity index (χ3v) is 7.06. The van der Waals surface area contributed by atoms with Crippen LogP contribution in [0, 0.1) is 11.7 Å². The van der Waals surface area contributed by atoms with E-state index in [1.807, 2.05) is 18.3 Å². The van der Waals surface area contributed by atoms with Crippen molar-refractivity contribution in [2.45, 2.75) is 103 Å². The van der Waals surface area contributed by atoms with E-state index in [2.05, 4.69) is 31.0 Å². The molecule has 1 aromatic heterocycles. The summed E-state index contributed by atoms with van der Waals surface area (Å²) in [5.41, 5.74) is 3.80. The second-order valence-corrected chi connectivity index (χ2v) is 9.29. The van der Waals surface area contributed by atoms with E-state index in [-0.39, 0.29) is 5.82 Å². The Bertz CT molecular complexity index is 744. The molecule has 1 fully saturated rings. The molecule has 0 aliphatic heterocycles. The van der Waals surface area contributed by atoms with Gasteiger partial charge in [0, 0.05) is 11.8 Å². The van der Waals surface area contributed by atoms with E-state index in [0.29, 0.717) is 11.5 Å². The lowest BCUT2D eigenvalue weighted by molar-refractivity contribution is 0.318. The van der Waals surface area contributed by atoms with Crippen LogP contribution in [0.25, 0.3) is 11.3 Å². The SMILES string of the molecule is CCCCCCCCCc1ccc(-c2ccc([C@H]3CC[C@H](CC)CC3)cn2)c(F)c1. The van der Waals surface area contributed by atoms with E-state index in [0.717, 1.165) is 30.0 Å². The lowest BCUT2D eigenvalue weighted by Gasteiger charge is -2.27. The quantitative estimate of drug-likeness (QED) is 0.338. The highest BCUT2D eigenvalue weighted by molar-refractivity contribution is 5.60. The molecule has 0 saturated heterocycles. The Morgan fingerprint density at radius 3 is 2.23 bits per heavy atom. The van der Waals surface area contributed by atoms with Gasteiger partial charge in [0.2, 0.25) is 0 Å². The number of hydrogen-bond donors (Lipinski definition) is 0. The van der Waals surface area contributed by atoms with Crippen molar-refractivity contribution in [1.29, 1.82) is 0 Å². The molecule has 164 valence electrons. The second kappa shape index (κ2) is 12.2. The van der Waals surface area contributed by atoms with Gasteiger partial charge < -0.3 is 0 Å². The Hall–Kier alpha value is -1.70. The summed E-state index contributed by atoms with van der Waals surface area (Å²) in [6.45, 7) is 4.55. The number of unbranched alkanes of at least 4 members (excludes halogenated alkanes) is 6. The van der Waals surface area contributed by atoms with Gasteiger partial charge in [-0.2, -0.15) is 0 Å². The molecule has 2 heteroatoms. The maximum atomic E-state index is 14.7. The smallest absolute Gasteiger partial charge is 0.132 e. The molecule has 1 nitrogen and oxygen atoms in total. The Balaban J connectivity index is 1.51. The summed E-state index contributed by atoms with van der Waals surface area (Å²) in [7, 11) is 0. The van der Waals surface area contributed by atoms with E-state index >= 15 is 0 Å². The number of benzene rings is 1. The summed E-state index contributed by atoms with van der Waals surface area (Å²) >= 11 is 0. The molecule has 0 atom stereocenters. The molecule has 0 unspecified atom stereocenters. The number of nitrogens with zero attached hydrogens (tertiary/aromatic N) is 1. The van der Waals surface area contributed by atoms with Crippen LogP contribution in [0.2, 0.25) is 0 Å². The summed E-state index contributed by atoms with van der Waals surface area (Å²) in [5.74, 6) is 1.39. The lowest BCUT2D eigenvalue weighted by Crippen LogP contribution is -2.12. The zero-order valence-electron chi connectivity index (χ0n) is 19.1. The monoisotopic (exact) mass is 409 g/mol. The number of rotatable bonds is 11. The molecule has 0 spiro atoms. The van der Waals surface area contributed by atoms with Gasteiger partial charge in [-0.05, 0) is 79.7 Å². The third-order valence-electron chi connectivity index (χ3n) is 7.06. The molecule has 0 amide bonds. The first-order chi connectivity index (χ1) is 14.7. The van der Waals surface area contributed by atoms with E-state index in [1.54, 1.807) is 6.07 Å². The summed E-state index contributed by atoms with van der Waals surface area (Å²) < 4.78 is 14.7. The summed E-state index contributed by atoms with van der Waals surface area (Å²) in [6, 6.07) is 9.90. The maximum absolute atomic E-state index is 14.7. The Morgan fingerprint density at radius 1 is 0.867 bits per heavy atom. The predicted molar refractivity (Wildman–Crippen MR) is 126 cm³/mol. The van der Waals surface area contributed by atoms with Crippen LogP contribution < -0.4 is 0 Å². The van der Waals surface area contributed by atoms with Crippen LogP contribution in [0.3, 0.4) is 0 Å². The van der Waals surface area contributed by atoms with Crippen LogP contribution in [0.1, 0.15) is 108 Å². The van der Waals surface area contributed by atoms with E-state index in [4.69, 9.17) is 0 Å². The summed E-state index contributed by atoms with van der Waals surface area (Å²) in [5, 5.41) is 0. The van der Waals surface area contributed by atoms with Gasteiger partial charge in [-0.3, -0.25) is 4.98 Å². The molecule has 1 heterocycles. The van der Waals surface area contributed by atoms with Crippen molar-refractivity contribution in [2.24, 2.45) is 5.92 Å². The average Bonchev–Trinajstić information content (AvgIpc) is 2.79. The van der Waals surface area contributed by atoms with Crippen LogP contribution in [-0.2, 0) is 6.42 Å². The minimum atomic E-state index is -0.140. The minimum Gasteiger partial charge on any atom is -0.256 e. The third kappa shape index (κ3) is 6.65. The van der Waals surface area contributed by atoms with Gasteiger partial charge in [0.1, 0.15) is 5.82 Å². The molecule has 1 aliphatic carbocycles. The zero-order chi connectivity index (χ0) is 21.2. The molecule has 0 bridgehead atoms. The van der Waals surface area contributed by atoms with Crippen molar-refractivity contribution >= 4 is 0 Å². The molecule has 1 aliphatic rings. The molecule has 1 aromatic carbocycles. The van der Waals surface area contributed by atoms with Gasteiger partial charge >= 0.3 is 0 Å². The maximum Gasteiger partial charge on any atom is 0.132 e. The molecule has 2 aromatic rings. The summed E-state index contributed by atoms with van der Waals surface area (Å²) in [6.07, 6.45) is 18.5. The molecule has 30 heavy (non-hydrogen) atoms. The number of aromatic nitrogens is 1. The number of hydrogen-bond acceptors (Lipinski definition) is 1. The molecule has 0 N–H and O–H groups in total. The standard InChI is InChI=1S/C28H40FN/c1-3-5-6-7-8-9-10-11-23-14-18-26(27(29)20-23)28-19-17-25(21-30-28)24-15-12-22(4-2)13-16-24/h14,17-22,24H,3-13,15-16H2,1-2H3/t22-,24-. The van der Waals surface area contributed by atoms with E-state index < -0.39 is 0 Å². The molecule has 1 saturated carbocycles. The number of pyridine rings is 1. The summed E-state index contributed by atoms with van der Waals surface area (Å²) in [4.78, 5) is 4.62. The van der Waals surface area contributed by atoms with Gasteiger partial charge in [0.05, 0.1) is 5.69 Å². The van der Waals surface area contributed by atoms with Crippen LogP contribution in [0.15, 0.2) is 36.5 Å². The fourth-order valence-electron chi connectivity index (χ4n) is 4.92. The first-order valence-corrected chi connectivity index (χ1v) is 12.5. The average molecular weight is 410 g/mol. The number of aryl methyl sites for hydroxylation is 1. The second-order valence-electron chi connectivity index (χ2n) is 9.29. The highest BCUT2D eigenvalue weighted by Crippen LogP contribution is 2.37. The van der Waals surface area contributed by atoms with E-state index in [1.165, 1.54) is 76.2 Å². The van der Waals surface area contributed by atoms with Gasteiger partial charge in [-0.25, -0.2) is 4.39 Å². The van der Waals surface area contributed by atoms with Crippen LogP contribution in [0.4, 0.5) is 4.39 Å². The normalized spacial score (nSPS) is 19.2. The lowest BCUT2D eigenvalue weighted by atomic mass is 9.78. The molecule has 0 radical (unpaired) electrons. The van der Waals surface area contributed by atoms with Crippen molar-refractivity contribution in [2.75, 3.05) is 0 Å². The molecular formula is C28H40FN. The first kappa shape index (κ1) is 23.0. The van der Waals surface area contributed by atoms with Gasteiger partial charge in [0.25, 0.3) is 0 Å². The fourth-order valence-corrected chi connectivity index (χ4v) is 4.92. The highest BCUT2D eigenvalue weighted by Gasteiger charge is 2.21. The molecule has 3 rings (SSSR count). The topological polar surface area (TPSA) is 12.9 Å². The van der Waals surface area contributed by atoms with Crippen molar-refractivity contribution in [3.63, 3.8) is 0 Å². The van der Waals surface area contributed by atoms with Crippen LogP contribution >= 0.6 is 0 Å². The van der Waals surface area contributed by atoms with Crippen molar-refractivity contribution in [1.82, 2.24) is 4.98 Å². The minimum absolute atomic E-state index is 0.140. The number of halogens is 1. The predicted octanol–water partition coefficient (Wildman–Crippen LogP) is 8.86.